The van der Waals surface area contributed by atoms with Crippen molar-refractivity contribution in [1.82, 2.24) is 0 Å². The molecule has 0 fully saturated rings. The monoisotopic (exact) mass is 289 g/mol. The molecule has 4 heteroatoms. The van der Waals surface area contributed by atoms with E-state index in [4.69, 9.17) is 0 Å². The number of rotatable bonds is 5. The highest BCUT2D eigenvalue weighted by Gasteiger charge is 2.06. The molecular formula is C17H17F2NO. The molecule has 1 amide bonds. The van der Waals surface area contributed by atoms with Crippen molar-refractivity contribution in [1.29, 1.82) is 0 Å². The van der Waals surface area contributed by atoms with Gasteiger partial charge in [-0.2, -0.15) is 0 Å². The average Bonchev–Trinajstić information content (AvgIpc) is 2.44. The van der Waals surface area contributed by atoms with Crippen LogP contribution in [-0.2, 0) is 17.6 Å². The number of hydrogen-bond donors (Lipinski definition) is 1. The molecule has 2 nitrogen and oxygen atoms in total. The van der Waals surface area contributed by atoms with Gasteiger partial charge in [0.2, 0.25) is 5.91 Å². The van der Waals surface area contributed by atoms with Crippen LogP contribution in [0.5, 0.6) is 0 Å². The Bertz CT molecular complexity index is 603. The largest absolute Gasteiger partial charge is 0.326 e. The van der Waals surface area contributed by atoms with Crippen molar-refractivity contribution in [2.24, 2.45) is 0 Å². The van der Waals surface area contributed by atoms with Gasteiger partial charge in [-0.25, -0.2) is 8.78 Å². The molecule has 1 N–H and O–H groups in total. The highest BCUT2D eigenvalue weighted by atomic mass is 19.1. The number of hydrogen-bond acceptors (Lipinski definition) is 1. The molecule has 2 rings (SSSR count). The zero-order valence-corrected chi connectivity index (χ0v) is 11.8. The van der Waals surface area contributed by atoms with Gasteiger partial charge in [-0.3, -0.25) is 4.79 Å². The van der Waals surface area contributed by atoms with Crippen molar-refractivity contribution in [3.05, 3.63) is 65.2 Å². The van der Waals surface area contributed by atoms with Gasteiger partial charge in [0.15, 0.2) is 0 Å². The summed E-state index contributed by atoms with van der Waals surface area (Å²) in [6.45, 7) is 2.08. The Hall–Kier alpha value is -2.23. The Morgan fingerprint density at radius 3 is 2.14 bits per heavy atom. The van der Waals surface area contributed by atoms with Crippen molar-refractivity contribution in [3.63, 3.8) is 0 Å². The summed E-state index contributed by atoms with van der Waals surface area (Å²) in [6, 6.07) is 11.0. The van der Waals surface area contributed by atoms with Crippen LogP contribution in [0.15, 0.2) is 42.5 Å². The minimum atomic E-state index is -0.708. The summed E-state index contributed by atoms with van der Waals surface area (Å²) >= 11 is 0. The first-order valence-corrected chi connectivity index (χ1v) is 6.90. The Balaban J connectivity index is 1.89. The van der Waals surface area contributed by atoms with Gasteiger partial charge in [0.1, 0.15) is 11.6 Å². The molecule has 0 saturated carbocycles. The summed E-state index contributed by atoms with van der Waals surface area (Å²) in [6.07, 6.45) is 1.84. The predicted octanol–water partition coefficient (Wildman–Crippen LogP) is 4.10. The number of carbonyl (C=O) groups is 1. The van der Waals surface area contributed by atoms with Crippen LogP contribution in [0.1, 0.15) is 24.5 Å². The summed E-state index contributed by atoms with van der Waals surface area (Å²) in [7, 11) is 0. The van der Waals surface area contributed by atoms with E-state index in [1.54, 1.807) is 0 Å². The topological polar surface area (TPSA) is 29.1 Å². The minimum absolute atomic E-state index is 0.138. The van der Waals surface area contributed by atoms with Crippen LogP contribution in [0, 0.1) is 11.6 Å². The highest BCUT2D eigenvalue weighted by molar-refractivity contribution is 5.90. The van der Waals surface area contributed by atoms with E-state index in [2.05, 4.69) is 12.2 Å². The lowest BCUT2D eigenvalue weighted by Gasteiger charge is -2.06. The molecule has 0 radical (unpaired) electrons. The van der Waals surface area contributed by atoms with E-state index >= 15 is 0 Å². The Kier molecular flexibility index (Phi) is 5.04. The number of benzene rings is 2. The van der Waals surface area contributed by atoms with Gasteiger partial charge >= 0.3 is 0 Å². The molecular weight excluding hydrogens is 272 g/mol. The quantitative estimate of drug-likeness (QED) is 0.882. The fourth-order valence-corrected chi connectivity index (χ4v) is 2.05. The number of amides is 1. The Labute approximate surface area is 122 Å². The molecule has 0 saturated heterocycles. The summed E-state index contributed by atoms with van der Waals surface area (Å²) in [5.74, 6) is -1.68. The Morgan fingerprint density at radius 2 is 1.57 bits per heavy atom. The predicted molar refractivity (Wildman–Crippen MR) is 79.1 cm³/mol. The van der Waals surface area contributed by atoms with Gasteiger partial charge in [0.25, 0.3) is 0 Å². The van der Waals surface area contributed by atoms with Gasteiger partial charge in [0.05, 0.1) is 0 Å². The van der Waals surface area contributed by atoms with Gasteiger partial charge in [-0.15, -0.1) is 0 Å². The van der Waals surface area contributed by atoms with E-state index in [-0.39, 0.29) is 18.0 Å². The molecule has 0 atom stereocenters. The van der Waals surface area contributed by atoms with E-state index < -0.39 is 11.6 Å². The summed E-state index contributed by atoms with van der Waals surface area (Å²) < 4.78 is 26.0. The van der Waals surface area contributed by atoms with Crippen molar-refractivity contribution >= 4 is 11.6 Å². The molecule has 0 aliphatic rings. The van der Waals surface area contributed by atoms with Crippen LogP contribution in [0.4, 0.5) is 14.5 Å². The summed E-state index contributed by atoms with van der Waals surface area (Å²) in [4.78, 5) is 11.8. The zero-order chi connectivity index (χ0) is 15.2. The highest BCUT2D eigenvalue weighted by Crippen LogP contribution is 2.14. The fraction of sp³-hybridized carbons (Fsp3) is 0.235. The molecule has 110 valence electrons. The molecule has 0 bridgehead atoms. The summed E-state index contributed by atoms with van der Waals surface area (Å²) in [5.41, 5.74) is 2.45. The van der Waals surface area contributed by atoms with Gasteiger partial charge in [-0.05, 0) is 36.1 Å². The lowest BCUT2D eigenvalue weighted by atomic mass is 10.1. The van der Waals surface area contributed by atoms with Gasteiger partial charge in [-0.1, -0.05) is 31.2 Å². The minimum Gasteiger partial charge on any atom is -0.326 e. The van der Waals surface area contributed by atoms with Crippen LogP contribution in [-0.4, -0.2) is 5.91 Å². The van der Waals surface area contributed by atoms with Gasteiger partial charge < -0.3 is 5.32 Å². The maximum atomic E-state index is 13.0. The maximum Gasteiger partial charge on any atom is 0.224 e. The smallest absolute Gasteiger partial charge is 0.224 e. The van der Waals surface area contributed by atoms with Crippen LogP contribution < -0.4 is 5.32 Å². The lowest BCUT2D eigenvalue weighted by Crippen LogP contribution is -2.12. The molecule has 0 aromatic heterocycles. The zero-order valence-electron chi connectivity index (χ0n) is 11.8. The number of carbonyl (C=O) groups excluding carboxylic acids is 1. The first-order chi connectivity index (χ1) is 10.1. The van der Waals surface area contributed by atoms with Gasteiger partial charge in [0, 0.05) is 18.2 Å². The van der Waals surface area contributed by atoms with Crippen molar-refractivity contribution in [3.8, 4) is 0 Å². The van der Waals surface area contributed by atoms with Crippen molar-refractivity contribution in [2.45, 2.75) is 26.2 Å². The third-order valence-electron chi connectivity index (χ3n) is 3.22. The van der Waals surface area contributed by atoms with Crippen LogP contribution in [0.25, 0.3) is 0 Å². The molecule has 0 unspecified atom stereocenters. The van der Waals surface area contributed by atoms with E-state index in [0.717, 1.165) is 30.2 Å². The number of nitrogens with one attached hydrogen (secondary N) is 1. The number of anilines is 1. The molecule has 0 spiro atoms. The normalized spacial score (nSPS) is 10.4. The standard InChI is InChI=1S/C17H17F2NO/c1-2-12-3-5-13(6-4-12)7-8-17(21)20-16-10-14(18)9-15(19)11-16/h3-6,9-11H,2,7-8H2,1H3,(H,20,21). The molecule has 0 aliphatic heterocycles. The first-order valence-electron chi connectivity index (χ1n) is 6.90. The first kappa shape index (κ1) is 15.2. The van der Waals surface area contributed by atoms with Crippen LogP contribution in [0.3, 0.4) is 0 Å². The summed E-state index contributed by atoms with van der Waals surface area (Å²) in [5, 5.41) is 2.50. The third-order valence-corrected chi connectivity index (χ3v) is 3.22. The van der Waals surface area contributed by atoms with Crippen LogP contribution >= 0.6 is 0 Å². The number of halogens is 2. The fourth-order valence-electron chi connectivity index (χ4n) is 2.05. The molecule has 0 heterocycles. The van der Waals surface area contributed by atoms with E-state index in [0.29, 0.717) is 6.42 Å². The second kappa shape index (κ2) is 6.97. The van der Waals surface area contributed by atoms with E-state index in [1.165, 1.54) is 5.56 Å². The second-order valence-corrected chi connectivity index (χ2v) is 4.88. The Morgan fingerprint density at radius 1 is 1.00 bits per heavy atom. The molecule has 2 aromatic carbocycles. The van der Waals surface area contributed by atoms with E-state index in [9.17, 15) is 13.6 Å². The van der Waals surface area contributed by atoms with Crippen LogP contribution in [0.2, 0.25) is 0 Å². The van der Waals surface area contributed by atoms with Crippen molar-refractivity contribution < 1.29 is 13.6 Å². The maximum absolute atomic E-state index is 13.0. The third kappa shape index (κ3) is 4.67. The van der Waals surface area contributed by atoms with Crippen molar-refractivity contribution in [2.75, 3.05) is 5.32 Å². The number of aryl methyl sites for hydroxylation is 2. The molecule has 21 heavy (non-hydrogen) atoms. The SMILES string of the molecule is CCc1ccc(CCC(=O)Nc2cc(F)cc(F)c2)cc1. The van der Waals surface area contributed by atoms with E-state index in [1.807, 2.05) is 24.3 Å². The second-order valence-electron chi connectivity index (χ2n) is 4.88. The molecule has 2 aromatic rings. The lowest BCUT2D eigenvalue weighted by molar-refractivity contribution is -0.116. The average molecular weight is 289 g/mol. The molecule has 0 aliphatic carbocycles.